The number of anilines is 1. The molecule has 0 aliphatic rings. The summed E-state index contributed by atoms with van der Waals surface area (Å²) in [5.41, 5.74) is 8.18. The monoisotopic (exact) mass is 285 g/mol. The van der Waals surface area contributed by atoms with Gasteiger partial charge in [0.1, 0.15) is 5.75 Å². The number of rotatable bonds is 6. The number of nitrogens with two attached hydrogens (primary N) is 1. The largest absolute Gasteiger partial charge is 0.482 e. The number of pyridine rings is 1. The Hall–Kier alpha value is -2.07. The lowest BCUT2D eigenvalue weighted by Gasteiger charge is -2.24. The van der Waals surface area contributed by atoms with Crippen molar-refractivity contribution in [3.05, 3.63) is 54.4 Å². The number of benzene rings is 1. The highest BCUT2D eigenvalue weighted by molar-refractivity contribution is 5.49. The lowest BCUT2D eigenvalue weighted by atomic mass is 10.1. The van der Waals surface area contributed by atoms with Crippen molar-refractivity contribution in [2.45, 2.75) is 25.5 Å². The fourth-order valence-corrected chi connectivity index (χ4v) is 2.11. The molecule has 0 saturated heterocycles. The Balaban J connectivity index is 2.25. The van der Waals surface area contributed by atoms with Gasteiger partial charge in [0.2, 0.25) is 0 Å². The first-order chi connectivity index (χ1) is 10.1. The zero-order valence-electron chi connectivity index (χ0n) is 12.9. The van der Waals surface area contributed by atoms with E-state index in [-0.39, 0.29) is 12.1 Å². The predicted octanol–water partition coefficient (Wildman–Crippen LogP) is 3.01. The fraction of sp³-hybridized carbons (Fsp3) is 0.353. The lowest BCUT2D eigenvalue weighted by molar-refractivity contribution is 0.166. The minimum atomic E-state index is -0.242. The maximum Gasteiger partial charge on any atom is 0.155 e. The number of ether oxygens (including phenoxy) is 1. The lowest BCUT2D eigenvalue weighted by Crippen LogP contribution is -2.32. The number of hydrogen-bond acceptors (Lipinski definition) is 4. The van der Waals surface area contributed by atoms with E-state index < -0.39 is 0 Å². The molecule has 0 aliphatic heterocycles. The summed E-state index contributed by atoms with van der Waals surface area (Å²) in [6.45, 7) is 2.06. The Bertz CT molecular complexity index is 557. The smallest absolute Gasteiger partial charge is 0.155 e. The van der Waals surface area contributed by atoms with E-state index in [4.69, 9.17) is 10.5 Å². The topological polar surface area (TPSA) is 51.4 Å². The van der Waals surface area contributed by atoms with Crippen molar-refractivity contribution in [1.29, 1.82) is 0 Å². The van der Waals surface area contributed by atoms with E-state index in [1.165, 1.54) is 0 Å². The van der Waals surface area contributed by atoms with Gasteiger partial charge in [-0.15, -0.1) is 0 Å². The van der Waals surface area contributed by atoms with Gasteiger partial charge < -0.3 is 15.4 Å². The molecule has 0 radical (unpaired) electrons. The maximum absolute atomic E-state index is 6.22. The Kier molecular flexibility index (Phi) is 5.17. The molecule has 0 aliphatic carbocycles. The summed E-state index contributed by atoms with van der Waals surface area (Å²) in [5.74, 6) is 0.806. The second-order valence-corrected chi connectivity index (χ2v) is 5.26. The Morgan fingerprint density at radius 3 is 2.62 bits per heavy atom. The van der Waals surface area contributed by atoms with E-state index in [9.17, 15) is 0 Å². The van der Waals surface area contributed by atoms with Crippen LogP contribution in [0.1, 0.15) is 25.1 Å². The molecule has 0 saturated carbocycles. The molecule has 2 aromatic rings. The van der Waals surface area contributed by atoms with Crippen LogP contribution in [-0.4, -0.2) is 25.1 Å². The van der Waals surface area contributed by atoms with Crippen molar-refractivity contribution in [3.8, 4) is 5.75 Å². The summed E-state index contributed by atoms with van der Waals surface area (Å²) in [7, 11) is 4.01. The molecule has 21 heavy (non-hydrogen) atoms. The van der Waals surface area contributed by atoms with Gasteiger partial charge in [-0.2, -0.15) is 0 Å². The SMILES string of the molecule is CCC(N)C(Oc1cccc(N(C)C)c1)c1ccccn1. The molecule has 4 nitrogen and oxygen atoms in total. The zero-order chi connectivity index (χ0) is 15.2. The molecule has 2 atom stereocenters. The summed E-state index contributed by atoms with van der Waals surface area (Å²) in [4.78, 5) is 6.43. The van der Waals surface area contributed by atoms with Crippen LogP contribution < -0.4 is 15.4 Å². The van der Waals surface area contributed by atoms with Crippen LogP contribution >= 0.6 is 0 Å². The van der Waals surface area contributed by atoms with E-state index in [0.29, 0.717) is 0 Å². The van der Waals surface area contributed by atoms with E-state index in [1.54, 1.807) is 6.20 Å². The van der Waals surface area contributed by atoms with Crippen LogP contribution in [0.2, 0.25) is 0 Å². The van der Waals surface area contributed by atoms with Crippen molar-refractivity contribution in [3.63, 3.8) is 0 Å². The molecule has 0 spiro atoms. The summed E-state index contributed by atoms with van der Waals surface area (Å²) in [6.07, 6.45) is 2.35. The van der Waals surface area contributed by atoms with Gasteiger partial charge >= 0.3 is 0 Å². The molecule has 1 heterocycles. The molecule has 112 valence electrons. The Morgan fingerprint density at radius 2 is 2.00 bits per heavy atom. The first-order valence-corrected chi connectivity index (χ1v) is 7.22. The minimum absolute atomic E-state index is 0.0945. The van der Waals surface area contributed by atoms with Gasteiger partial charge in [0, 0.05) is 38.1 Å². The van der Waals surface area contributed by atoms with Crippen LogP contribution in [0.15, 0.2) is 48.7 Å². The highest BCUT2D eigenvalue weighted by Gasteiger charge is 2.21. The van der Waals surface area contributed by atoms with Crippen LogP contribution in [-0.2, 0) is 0 Å². The maximum atomic E-state index is 6.22. The number of hydrogen-bond donors (Lipinski definition) is 1. The van der Waals surface area contributed by atoms with Crippen molar-refractivity contribution in [2.24, 2.45) is 5.73 Å². The highest BCUT2D eigenvalue weighted by atomic mass is 16.5. The third kappa shape index (κ3) is 3.95. The minimum Gasteiger partial charge on any atom is -0.482 e. The standard InChI is InChI=1S/C17H23N3O/c1-4-15(18)17(16-10-5-6-11-19-16)21-14-9-7-8-13(12-14)20(2)3/h5-12,15,17H,4,18H2,1-3H3. The molecular weight excluding hydrogens is 262 g/mol. The summed E-state index contributed by atoms with van der Waals surface area (Å²) in [6, 6.07) is 13.7. The number of nitrogens with zero attached hydrogens (tertiary/aromatic N) is 2. The van der Waals surface area contributed by atoms with Crippen LogP contribution in [0.25, 0.3) is 0 Å². The Morgan fingerprint density at radius 1 is 1.19 bits per heavy atom. The van der Waals surface area contributed by atoms with E-state index in [1.807, 2.05) is 61.5 Å². The molecule has 0 bridgehead atoms. The van der Waals surface area contributed by atoms with Crippen molar-refractivity contribution >= 4 is 5.69 Å². The molecule has 4 heteroatoms. The van der Waals surface area contributed by atoms with Gasteiger partial charge in [0.15, 0.2) is 6.10 Å². The van der Waals surface area contributed by atoms with Crippen molar-refractivity contribution in [2.75, 3.05) is 19.0 Å². The van der Waals surface area contributed by atoms with Crippen molar-refractivity contribution < 1.29 is 4.74 Å². The molecule has 2 rings (SSSR count). The summed E-state index contributed by atoms with van der Waals surface area (Å²) >= 11 is 0. The normalized spacial score (nSPS) is 13.5. The first-order valence-electron chi connectivity index (χ1n) is 7.22. The second kappa shape index (κ2) is 7.09. The average Bonchev–Trinajstić information content (AvgIpc) is 2.53. The van der Waals surface area contributed by atoms with Crippen LogP contribution in [0.4, 0.5) is 5.69 Å². The van der Waals surface area contributed by atoms with Crippen LogP contribution in [0.3, 0.4) is 0 Å². The zero-order valence-corrected chi connectivity index (χ0v) is 12.9. The van der Waals surface area contributed by atoms with E-state index in [0.717, 1.165) is 23.6 Å². The van der Waals surface area contributed by atoms with Gasteiger partial charge in [0.25, 0.3) is 0 Å². The van der Waals surface area contributed by atoms with Crippen LogP contribution in [0, 0.1) is 0 Å². The molecule has 1 aromatic carbocycles. The summed E-state index contributed by atoms with van der Waals surface area (Å²) in [5, 5.41) is 0. The molecule has 2 unspecified atom stereocenters. The second-order valence-electron chi connectivity index (χ2n) is 5.26. The summed E-state index contributed by atoms with van der Waals surface area (Å²) < 4.78 is 6.13. The van der Waals surface area contributed by atoms with Crippen molar-refractivity contribution in [1.82, 2.24) is 4.98 Å². The number of aromatic nitrogens is 1. The van der Waals surface area contributed by atoms with E-state index in [2.05, 4.69) is 11.9 Å². The third-order valence-electron chi connectivity index (χ3n) is 3.44. The molecule has 1 aromatic heterocycles. The van der Waals surface area contributed by atoms with Gasteiger partial charge in [0.05, 0.1) is 5.69 Å². The van der Waals surface area contributed by atoms with E-state index >= 15 is 0 Å². The quantitative estimate of drug-likeness (QED) is 0.886. The van der Waals surface area contributed by atoms with Gasteiger partial charge in [-0.05, 0) is 30.7 Å². The molecular formula is C17H23N3O. The van der Waals surface area contributed by atoms with Gasteiger partial charge in [-0.1, -0.05) is 19.1 Å². The third-order valence-corrected chi connectivity index (χ3v) is 3.44. The fourth-order valence-electron chi connectivity index (χ4n) is 2.11. The Labute approximate surface area is 126 Å². The molecule has 0 fully saturated rings. The predicted molar refractivity (Wildman–Crippen MR) is 86.6 cm³/mol. The molecule has 2 N–H and O–H groups in total. The van der Waals surface area contributed by atoms with Gasteiger partial charge in [-0.25, -0.2) is 0 Å². The average molecular weight is 285 g/mol. The molecule has 0 amide bonds. The van der Waals surface area contributed by atoms with Gasteiger partial charge in [-0.3, -0.25) is 4.98 Å². The highest BCUT2D eigenvalue weighted by Crippen LogP contribution is 2.26. The van der Waals surface area contributed by atoms with Crippen LogP contribution in [0.5, 0.6) is 5.75 Å². The first kappa shape index (κ1) is 15.3.